The molecule has 1 aromatic rings. The van der Waals surface area contributed by atoms with Crippen molar-refractivity contribution in [2.45, 2.75) is 43.7 Å². The minimum Gasteiger partial charge on any atom is -0.393 e. The highest BCUT2D eigenvalue weighted by Crippen LogP contribution is 2.35. The van der Waals surface area contributed by atoms with Gasteiger partial charge in [-0.25, -0.2) is 0 Å². The average Bonchev–Trinajstić information content (AvgIpc) is 3.01. The highest BCUT2D eigenvalue weighted by molar-refractivity contribution is 5.33. The zero-order valence-corrected chi connectivity index (χ0v) is 11.0. The minimum absolute atomic E-state index is 0.141. The molecule has 19 heavy (non-hydrogen) atoms. The number of piperidine rings is 1. The second-order valence-electron chi connectivity index (χ2n) is 6.21. The molecule has 2 unspecified atom stereocenters. The quantitative estimate of drug-likeness (QED) is 0.712. The molecule has 3 heterocycles. The lowest BCUT2D eigenvalue weighted by Gasteiger charge is -2.29. The summed E-state index contributed by atoms with van der Waals surface area (Å²) in [5, 5.41) is 20.4. The summed E-state index contributed by atoms with van der Waals surface area (Å²) in [6.45, 7) is 3.24. The van der Waals surface area contributed by atoms with Crippen LogP contribution in [-0.2, 0) is 0 Å². The van der Waals surface area contributed by atoms with Crippen LogP contribution in [0.15, 0.2) is 0 Å². The van der Waals surface area contributed by atoms with Gasteiger partial charge in [-0.1, -0.05) is 0 Å². The average molecular weight is 263 g/mol. The molecule has 0 radical (unpaired) electrons. The first-order chi connectivity index (χ1) is 9.29. The number of fused-ring (bicyclic) bond motifs is 1. The summed E-state index contributed by atoms with van der Waals surface area (Å²) in [5.41, 5.74) is 0. The Labute approximate surface area is 112 Å². The van der Waals surface area contributed by atoms with E-state index in [4.69, 9.17) is 0 Å². The van der Waals surface area contributed by atoms with Crippen molar-refractivity contribution in [3.05, 3.63) is 5.82 Å². The Balaban J connectivity index is 1.45. The number of aliphatic hydroxyl groups excluding tert-OH is 1. The van der Waals surface area contributed by atoms with E-state index in [2.05, 4.69) is 25.4 Å². The van der Waals surface area contributed by atoms with E-state index in [0.29, 0.717) is 12.0 Å². The maximum Gasteiger partial charge on any atom is 0.244 e. The maximum atomic E-state index is 9.36. The van der Waals surface area contributed by atoms with Crippen molar-refractivity contribution in [3.63, 3.8) is 0 Å². The maximum absolute atomic E-state index is 9.36. The Hall–Kier alpha value is -1.14. The predicted octanol–water partition coefficient (Wildman–Crippen LogP) is 0.231. The second-order valence-corrected chi connectivity index (χ2v) is 6.21. The largest absolute Gasteiger partial charge is 0.393 e. The third-order valence-corrected chi connectivity index (χ3v) is 4.87. The van der Waals surface area contributed by atoms with E-state index in [1.54, 1.807) is 0 Å². The van der Waals surface area contributed by atoms with Crippen molar-refractivity contribution in [1.29, 1.82) is 0 Å². The molecule has 2 aliphatic heterocycles. The third kappa shape index (κ3) is 2.03. The molecule has 3 N–H and O–H groups in total. The molecule has 0 bridgehead atoms. The highest BCUT2D eigenvalue weighted by Gasteiger charge is 2.37. The fourth-order valence-electron chi connectivity index (χ4n) is 3.61. The molecule has 1 saturated carbocycles. The highest BCUT2D eigenvalue weighted by atomic mass is 16.3. The van der Waals surface area contributed by atoms with Crippen LogP contribution in [0.1, 0.15) is 37.4 Å². The number of aromatic amines is 1. The normalized spacial score (nSPS) is 38.1. The molecular weight excluding hydrogens is 242 g/mol. The molecule has 0 amide bonds. The first-order valence-electron chi connectivity index (χ1n) is 7.38. The predicted molar refractivity (Wildman–Crippen MR) is 71.1 cm³/mol. The first-order valence-corrected chi connectivity index (χ1v) is 7.38. The van der Waals surface area contributed by atoms with Crippen LogP contribution in [-0.4, -0.2) is 52.1 Å². The number of nitrogens with one attached hydrogen (secondary N) is 2. The summed E-state index contributed by atoms with van der Waals surface area (Å²) in [5.74, 6) is 2.91. The van der Waals surface area contributed by atoms with Crippen LogP contribution in [0.3, 0.4) is 0 Å². The van der Waals surface area contributed by atoms with Gasteiger partial charge in [0.25, 0.3) is 0 Å². The summed E-state index contributed by atoms with van der Waals surface area (Å²) < 4.78 is 0. The smallest absolute Gasteiger partial charge is 0.244 e. The molecule has 4 rings (SSSR count). The van der Waals surface area contributed by atoms with Gasteiger partial charge in [0.05, 0.1) is 6.10 Å². The van der Waals surface area contributed by atoms with Crippen molar-refractivity contribution >= 4 is 5.95 Å². The Kier molecular flexibility index (Phi) is 2.73. The van der Waals surface area contributed by atoms with Gasteiger partial charge in [0.1, 0.15) is 5.82 Å². The van der Waals surface area contributed by atoms with Gasteiger partial charge >= 0.3 is 0 Å². The Bertz CT molecular complexity index is 442. The lowest BCUT2D eigenvalue weighted by atomic mass is 9.82. The number of aliphatic hydroxyl groups is 1. The van der Waals surface area contributed by atoms with E-state index in [0.717, 1.165) is 50.2 Å². The molecular formula is C13H21N5O. The molecule has 2 atom stereocenters. The number of rotatable bonds is 2. The zero-order chi connectivity index (χ0) is 12.8. The Morgan fingerprint density at radius 3 is 2.95 bits per heavy atom. The minimum atomic E-state index is -0.141. The zero-order valence-electron chi connectivity index (χ0n) is 11.0. The van der Waals surface area contributed by atoms with Gasteiger partial charge < -0.3 is 15.3 Å². The van der Waals surface area contributed by atoms with Crippen LogP contribution < -0.4 is 10.2 Å². The summed E-state index contributed by atoms with van der Waals surface area (Å²) >= 11 is 0. The molecule has 104 valence electrons. The molecule has 1 aliphatic carbocycles. The second kappa shape index (κ2) is 4.45. The number of anilines is 1. The van der Waals surface area contributed by atoms with Gasteiger partial charge in [0.2, 0.25) is 5.95 Å². The van der Waals surface area contributed by atoms with E-state index in [1.807, 2.05) is 0 Å². The fourth-order valence-corrected chi connectivity index (χ4v) is 3.61. The Morgan fingerprint density at radius 2 is 2.16 bits per heavy atom. The lowest BCUT2D eigenvalue weighted by Crippen LogP contribution is -2.40. The molecule has 3 aliphatic rings. The molecule has 1 aromatic heterocycles. The molecule has 6 heteroatoms. The van der Waals surface area contributed by atoms with Gasteiger partial charge in [-0.2, -0.15) is 4.98 Å². The summed E-state index contributed by atoms with van der Waals surface area (Å²) in [6, 6.07) is 0.612. The monoisotopic (exact) mass is 263 g/mol. The molecule has 3 fully saturated rings. The number of aromatic nitrogens is 3. The van der Waals surface area contributed by atoms with E-state index >= 15 is 0 Å². The van der Waals surface area contributed by atoms with Crippen molar-refractivity contribution in [2.75, 3.05) is 24.5 Å². The molecule has 0 spiro atoms. The van der Waals surface area contributed by atoms with Gasteiger partial charge in [0, 0.05) is 25.0 Å². The van der Waals surface area contributed by atoms with Crippen LogP contribution >= 0.6 is 0 Å². The standard InChI is InChI=1S/C13H21N5O/c19-10-4-9(5-10)12-15-13(17-16-12)18-6-8-2-1-3-14-11(8)7-18/h8-11,14,19H,1-7H2,(H,15,16,17). The van der Waals surface area contributed by atoms with E-state index in [9.17, 15) is 5.11 Å². The van der Waals surface area contributed by atoms with E-state index in [-0.39, 0.29) is 6.10 Å². The van der Waals surface area contributed by atoms with Crippen LogP contribution in [0.5, 0.6) is 0 Å². The number of nitrogens with zero attached hydrogens (tertiary/aromatic N) is 3. The lowest BCUT2D eigenvalue weighted by molar-refractivity contribution is 0.0718. The molecule has 6 nitrogen and oxygen atoms in total. The van der Waals surface area contributed by atoms with Gasteiger partial charge in [-0.05, 0) is 38.1 Å². The summed E-state index contributed by atoms with van der Waals surface area (Å²) in [4.78, 5) is 6.92. The van der Waals surface area contributed by atoms with Crippen LogP contribution in [0.25, 0.3) is 0 Å². The van der Waals surface area contributed by atoms with E-state index < -0.39 is 0 Å². The third-order valence-electron chi connectivity index (χ3n) is 4.87. The topological polar surface area (TPSA) is 77.1 Å². The van der Waals surface area contributed by atoms with Crippen LogP contribution in [0.2, 0.25) is 0 Å². The van der Waals surface area contributed by atoms with Crippen LogP contribution in [0, 0.1) is 5.92 Å². The van der Waals surface area contributed by atoms with E-state index in [1.165, 1.54) is 12.8 Å². The fraction of sp³-hybridized carbons (Fsp3) is 0.846. The van der Waals surface area contributed by atoms with Gasteiger partial charge in [-0.15, -0.1) is 5.10 Å². The van der Waals surface area contributed by atoms with Gasteiger partial charge in [0.15, 0.2) is 0 Å². The summed E-state index contributed by atoms with van der Waals surface area (Å²) in [7, 11) is 0. The summed E-state index contributed by atoms with van der Waals surface area (Å²) in [6.07, 6.45) is 4.11. The molecule has 2 saturated heterocycles. The van der Waals surface area contributed by atoms with Crippen molar-refractivity contribution in [1.82, 2.24) is 20.5 Å². The SMILES string of the molecule is OC1CC(c2nc(N3CC4CCCNC4C3)n[nH]2)C1. The van der Waals surface area contributed by atoms with Crippen molar-refractivity contribution in [2.24, 2.45) is 5.92 Å². The van der Waals surface area contributed by atoms with Crippen molar-refractivity contribution < 1.29 is 5.11 Å². The number of hydrogen-bond donors (Lipinski definition) is 3. The number of hydrogen-bond acceptors (Lipinski definition) is 5. The Morgan fingerprint density at radius 1 is 1.26 bits per heavy atom. The van der Waals surface area contributed by atoms with Gasteiger partial charge in [-0.3, -0.25) is 5.10 Å². The van der Waals surface area contributed by atoms with Crippen molar-refractivity contribution in [3.8, 4) is 0 Å². The first kappa shape index (κ1) is 11.7. The van der Waals surface area contributed by atoms with Crippen LogP contribution in [0.4, 0.5) is 5.95 Å². The molecule has 0 aromatic carbocycles. The number of H-pyrrole nitrogens is 1.